The molecule has 126 valence electrons. The Balaban J connectivity index is 3.19. The number of nitrogens with zero attached hydrogens (tertiary/aromatic N) is 1. The Morgan fingerprint density at radius 1 is 1.59 bits per heavy atom. The number of nitriles is 1. The average molecular weight is 337 g/mol. The Morgan fingerprint density at radius 2 is 2.18 bits per heavy atom. The van der Waals surface area contributed by atoms with Gasteiger partial charge >= 0.3 is 16.4 Å². The van der Waals surface area contributed by atoms with E-state index < -0.39 is 39.8 Å². The molecule has 22 heavy (non-hydrogen) atoms. The molecule has 1 N–H and O–H groups in total. The van der Waals surface area contributed by atoms with E-state index in [1.165, 1.54) is 6.92 Å². The third-order valence-corrected chi connectivity index (χ3v) is 3.54. The molecular weight excluding hydrogens is 318 g/mol. The fourth-order valence-corrected chi connectivity index (χ4v) is 2.61. The molecule has 10 heteroatoms. The largest absolute Gasteiger partial charge is 0.465 e. The maximum Gasteiger partial charge on any atom is 0.397 e. The molecule has 0 saturated carbocycles. The molecule has 0 aromatic carbocycles. The van der Waals surface area contributed by atoms with Crippen molar-refractivity contribution >= 4 is 16.4 Å². The number of rotatable bonds is 6. The lowest BCUT2D eigenvalue weighted by molar-refractivity contribution is -0.171. The second-order valence-corrected chi connectivity index (χ2v) is 6.39. The van der Waals surface area contributed by atoms with Crippen LogP contribution in [0.15, 0.2) is 0 Å². The smallest absolute Gasteiger partial charge is 0.397 e. The van der Waals surface area contributed by atoms with Crippen LogP contribution in [0, 0.1) is 16.7 Å². The zero-order valence-corrected chi connectivity index (χ0v) is 13.5. The van der Waals surface area contributed by atoms with Gasteiger partial charge in [-0.1, -0.05) is 0 Å². The van der Waals surface area contributed by atoms with Gasteiger partial charge in [-0.05, 0) is 27.7 Å². The van der Waals surface area contributed by atoms with Crippen LogP contribution in [0.4, 0.5) is 0 Å². The summed E-state index contributed by atoms with van der Waals surface area (Å²) < 4.78 is 51.2. The quantitative estimate of drug-likeness (QED) is 0.540. The predicted octanol–water partition coefficient (Wildman–Crippen LogP) is 0.419. The summed E-state index contributed by atoms with van der Waals surface area (Å²) in [6.45, 7) is 5.70. The number of esters is 1. The first-order valence-electron chi connectivity index (χ1n) is 6.51. The molecule has 1 aliphatic heterocycles. The molecule has 0 amide bonds. The maximum atomic E-state index is 12.0. The van der Waals surface area contributed by atoms with E-state index in [0.717, 1.165) is 6.92 Å². The summed E-state index contributed by atoms with van der Waals surface area (Å²) >= 11 is 0. The first kappa shape index (κ1) is 18.8. The fourth-order valence-electron chi connectivity index (χ4n) is 2.03. The zero-order valence-electron chi connectivity index (χ0n) is 12.7. The van der Waals surface area contributed by atoms with E-state index in [0.29, 0.717) is 0 Å². The van der Waals surface area contributed by atoms with Gasteiger partial charge in [-0.25, -0.2) is 4.18 Å². The molecule has 1 aliphatic rings. The second-order valence-electron chi connectivity index (χ2n) is 5.35. The number of ether oxygens (including phenoxy) is 3. The van der Waals surface area contributed by atoms with Gasteiger partial charge in [-0.2, -0.15) is 13.7 Å². The van der Waals surface area contributed by atoms with Crippen molar-refractivity contribution in [2.75, 3.05) is 13.2 Å². The zero-order chi connectivity index (χ0) is 17.2. The monoisotopic (exact) mass is 337 g/mol. The minimum atomic E-state index is -4.93. The highest BCUT2D eigenvalue weighted by Gasteiger charge is 2.54. The van der Waals surface area contributed by atoms with Gasteiger partial charge in [0.2, 0.25) is 0 Å². The Hall–Kier alpha value is -1.25. The molecule has 0 unspecified atom stereocenters. The standard InChI is InChI=1S/C12H19NO8S/c1-5-18-10(14)12(4,7-13)9(21-22(15,16)17)8-6-19-11(2,3)20-8/h8-9H,5-6H2,1-4H3,(H,15,16,17)/t8-,9-,12+/m1/s1. The van der Waals surface area contributed by atoms with Crippen molar-refractivity contribution in [3.63, 3.8) is 0 Å². The molecule has 3 atom stereocenters. The number of hydrogen-bond donors (Lipinski definition) is 1. The van der Waals surface area contributed by atoms with Crippen LogP contribution in [0.1, 0.15) is 27.7 Å². The van der Waals surface area contributed by atoms with Crippen molar-refractivity contribution < 1.29 is 36.2 Å². The van der Waals surface area contributed by atoms with Gasteiger partial charge in [-0.3, -0.25) is 9.35 Å². The van der Waals surface area contributed by atoms with Crippen LogP contribution in [-0.4, -0.2) is 50.1 Å². The minimum Gasteiger partial charge on any atom is -0.465 e. The lowest BCUT2D eigenvalue weighted by Gasteiger charge is -2.31. The summed E-state index contributed by atoms with van der Waals surface area (Å²) in [4.78, 5) is 12.0. The third kappa shape index (κ3) is 4.37. The third-order valence-electron chi connectivity index (χ3n) is 3.09. The van der Waals surface area contributed by atoms with Crippen LogP contribution in [0.2, 0.25) is 0 Å². The SMILES string of the molecule is CCOC(=O)[C@@](C)(C#N)[C@H](OS(=O)(=O)O)[C@H]1COC(C)(C)O1. The predicted molar refractivity (Wildman–Crippen MR) is 71.7 cm³/mol. The second kappa shape index (κ2) is 6.47. The van der Waals surface area contributed by atoms with Crippen molar-refractivity contribution in [3.8, 4) is 6.07 Å². The Kier molecular flexibility index (Phi) is 5.53. The van der Waals surface area contributed by atoms with Crippen LogP contribution in [0.3, 0.4) is 0 Å². The highest BCUT2D eigenvalue weighted by atomic mass is 32.3. The fraction of sp³-hybridized carbons (Fsp3) is 0.833. The van der Waals surface area contributed by atoms with Gasteiger partial charge in [0.05, 0.1) is 19.3 Å². The van der Waals surface area contributed by atoms with E-state index >= 15 is 0 Å². The topological polar surface area (TPSA) is 132 Å². The van der Waals surface area contributed by atoms with Gasteiger partial charge in [0.1, 0.15) is 12.2 Å². The van der Waals surface area contributed by atoms with Crippen LogP contribution < -0.4 is 0 Å². The molecule has 0 radical (unpaired) electrons. The van der Waals surface area contributed by atoms with E-state index in [1.54, 1.807) is 19.9 Å². The Labute approximate surface area is 129 Å². The van der Waals surface area contributed by atoms with Gasteiger partial charge in [0.25, 0.3) is 0 Å². The first-order valence-corrected chi connectivity index (χ1v) is 7.87. The number of carbonyl (C=O) groups excluding carboxylic acids is 1. The molecule has 0 spiro atoms. The molecule has 1 heterocycles. The molecule has 0 bridgehead atoms. The van der Waals surface area contributed by atoms with E-state index in [9.17, 15) is 18.5 Å². The van der Waals surface area contributed by atoms with Crippen molar-refractivity contribution in [2.24, 2.45) is 5.41 Å². The lowest BCUT2D eigenvalue weighted by Crippen LogP contribution is -2.50. The summed E-state index contributed by atoms with van der Waals surface area (Å²) in [6.07, 6.45) is -2.70. The molecule has 1 rings (SSSR count). The van der Waals surface area contributed by atoms with E-state index in [4.69, 9.17) is 18.8 Å². The van der Waals surface area contributed by atoms with Gasteiger partial charge in [-0.15, -0.1) is 0 Å². The molecular formula is C12H19NO8S. The van der Waals surface area contributed by atoms with E-state index in [1.807, 2.05) is 0 Å². The van der Waals surface area contributed by atoms with Crippen molar-refractivity contribution in [3.05, 3.63) is 0 Å². The van der Waals surface area contributed by atoms with Crippen molar-refractivity contribution in [1.29, 1.82) is 5.26 Å². The molecule has 1 saturated heterocycles. The summed E-state index contributed by atoms with van der Waals surface area (Å²) in [5, 5.41) is 9.34. The van der Waals surface area contributed by atoms with Gasteiger partial charge in [0, 0.05) is 0 Å². The highest BCUT2D eigenvalue weighted by molar-refractivity contribution is 7.80. The normalized spacial score (nSPS) is 25.0. The van der Waals surface area contributed by atoms with Crippen LogP contribution in [0.25, 0.3) is 0 Å². The molecule has 1 fully saturated rings. The van der Waals surface area contributed by atoms with Crippen LogP contribution in [-0.2, 0) is 33.6 Å². The molecule has 0 aromatic rings. The van der Waals surface area contributed by atoms with Crippen LogP contribution in [0.5, 0.6) is 0 Å². The number of hydrogen-bond acceptors (Lipinski definition) is 8. The lowest BCUT2D eigenvalue weighted by atomic mass is 9.83. The summed E-state index contributed by atoms with van der Waals surface area (Å²) in [6, 6.07) is 1.68. The Morgan fingerprint density at radius 3 is 2.55 bits per heavy atom. The van der Waals surface area contributed by atoms with E-state index in [-0.39, 0.29) is 13.2 Å². The summed E-state index contributed by atoms with van der Waals surface area (Å²) in [7, 11) is -4.93. The molecule has 9 nitrogen and oxygen atoms in total. The van der Waals surface area contributed by atoms with Crippen molar-refractivity contribution in [2.45, 2.75) is 45.7 Å². The van der Waals surface area contributed by atoms with Gasteiger partial charge in [0.15, 0.2) is 11.2 Å². The summed E-state index contributed by atoms with van der Waals surface area (Å²) in [5.41, 5.74) is -2.01. The van der Waals surface area contributed by atoms with Crippen molar-refractivity contribution in [1.82, 2.24) is 0 Å². The number of carbonyl (C=O) groups is 1. The highest BCUT2D eigenvalue weighted by Crippen LogP contribution is 2.35. The summed E-state index contributed by atoms with van der Waals surface area (Å²) in [5.74, 6) is -2.03. The maximum absolute atomic E-state index is 12.0. The molecule has 0 aromatic heterocycles. The molecule has 0 aliphatic carbocycles. The van der Waals surface area contributed by atoms with E-state index in [2.05, 4.69) is 4.18 Å². The van der Waals surface area contributed by atoms with Gasteiger partial charge < -0.3 is 14.2 Å². The minimum absolute atomic E-state index is 0.0117. The van der Waals surface area contributed by atoms with Crippen LogP contribution >= 0.6 is 0 Å². The average Bonchev–Trinajstić information content (AvgIpc) is 2.74. The first-order chi connectivity index (χ1) is 9.95. The Bertz CT molecular complexity index is 566.